The molecule has 35 heavy (non-hydrogen) atoms. The van der Waals surface area contributed by atoms with Crippen molar-refractivity contribution < 1.29 is 0 Å². The second-order valence-corrected chi connectivity index (χ2v) is 8.51. The Morgan fingerprint density at radius 1 is 0.429 bits per heavy atom. The van der Waals surface area contributed by atoms with Crippen molar-refractivity contribution in [2.75, 3.05) is 0 Å². The van der Waals surface area contributed by atoms with Crippen molar-refractivity contribution in [3.63, 3.8) is 0 Å². The van der Waals surface area contributed by atoms with E-state index >= 15 is 0 Å². The molecule has 0 spiro atoms. The molecule has 0 unspecified atom stereocenters. The Morgan fingerprint density at radius 3 is 1.00 bits per heavy atom. The first-order valence-corrected chi connectivity index (χ1v) is 11.6. The molecular weight excluding hydrogens is 432 g/mol. The average molecular weight is 457 g/mol. The highest BCUT2D eigenvalue weighted by Gasteiger charge is 2.34. The fraction of sp³-hybridized carbons (Fsp3) is 0.0690. The summed E-state index contributed by atoms with van der Waals surface area (Å²) < 4.78 is 5.75. The van der Waals surface area contributed by atoms with Gasteiger partial charge in [-0.1, -0.05) is 91.0 Å². The van der Waals surface area contributed by atoms with E-state index < -0.39 is 5.79 Å². The molecule has 0 fully saturated rings. The molecule has 6 rings (SSSR count). The van der Waals surface area contributed by atoms with Crippen LogP contribution in [0.5, 0.6) is 0 Å². The van der Waals surface area contributed by atoms with E-state index in [1.807, 2.05) is 105 Å². The Hall–Kier alpha value is -4.71. The van der Waals surface area contributed by atoms with E-state index in [0.29, 0.717) is 0 Å². The van der Waals surface area contributed by atoms with Crippen LogP contribution in [-0.4, -0.2) is 29.3 Å². The van der Waals surface area contributed by atoms with E-state index in [1.54, 1.807) is 0 Å². The first-order valence-electron chi connectivity index (χ1n) is 11.6. The molecule has 0 radical (unpaired) electrons. The van der Waals surface area contributed by atoms with Crippen LogP contribution in [0.25, 0.3) is 33.8 Å². The summed E-state index contributed by atoms with van der Waals surface area (Å²) in [6.45, 7) is 2.07. The third kappa shape index (κ3) is 3.75. The van der Waals surface area contributed by atoms with Gasteiger partial charge >= 0.3 is 0 Å². The smallest absolute Gasteiger partial charge is 0.224 e. The van der Waals surface area contributed by atoms with E-state index in [-0.39, 0.29) is 0 Å². The Labute approximate surface area is 203 Å². The largest absolute Gasteiger partial charge is 0.245 e. The van der Waals surface area contributed by atoms with Gasteiger partial charge in [0.2, 0.25) is 5.79 Å². The predicted molar refractivity (Wildman–Crippen MR) is 137 cm³/mol. The summed E-state index contributed by atoms with van der Waals surface area (Å²) >= 11 is 0. The van der Waals surface area contributed by atoms with E-state index in [4.69, 9.17) is 15.3 Å². The summed E-state index contributed by atoms with van der Waals surface area (Å²) in [5, 5.41) is 14.9. The first-order chi connectivity index (χ1) is 17.2. The monoisotopic (exact) mass is 456 g/mol. The summed E-state index contributed by atoms with van der Waals surface area (Å²) in [4.78, 5) is 0. The Morgan fingerprint density at radius 2 is 0.714 bits per heavy atom. The highest BCUT2D eigenvalue weighted by atomic mass is 15.6. The van der Waals surface area contributed by atoms with Gasteiger partial charge in [-0.25, -0.2) is 14.0 Å². The van der Waals surface area contributed by atoms with Crippen LogP contribution in [0, 0.1) is 0 Å². The molecule has 6 nitrogen and oxygen atoms in total. The maximum absolute atomic E-state index is 4.96. The van der Waals surface area contributed by atoms with Gasteiger partial charge in [0, 0.05) is 42.2 Å². The summed E-state index contributed by atoms with van der Waals surface area (Å²) in [6, 6.07) is 36.6. The summed E-state index contributed by atoms with van der Waals surface area (Å²) in [7, 11) is 0. The van der Waals surface area contributed by atoms with Crippen LogP contribution in [0.3, 0.4) is 0 Å². The maximum Gasteiger partial charge on any atom is 0.245 e. The Kier molecular flexibility index (Phi) is 5.11. The van der Waals surface area contributed by atoms with E-state index in [2.05, 4.69) is 43.3 Å². The van der Waals surface area contributed by atoms with Gasteiger partial charge in [-0.3, -0.25) is 0 Å². The van der Waals surface area contributed by atoms with E-state index in [1.165, 1.54) is 0 Å². The van der Waals surface area contributed by atoms with Crippen molar-refractivity contribution >= 4 is 0 Å². The number of hydrogen-bond donors (Lipinski definition) is 0. The first kappa shape index (κ1) is 20.9. The molecule has 0 aliphatic rings. The predicted octanol–water partition coefficient (Wildman–Crippen LogP) is 6.00. The van der Waals surface area contributed by atoms with Gasteiger partial charge < -0.3 is 0 Å². The topological polar surface area (TPSA) is 53.5 Å². The van der Waals surface area contributed by atoms with Gasteiger partial charge in [-0.15, -0.1) is 0 Å². The maximum atomic E-state index is 4.96. The lowest BCUT2D eigenvalue weighted by Gasteiger charge is -2.31. The van der Waals surface area contributed by atoms with Crippen molar-refractivity contribution in [1.82, 2.24) is 29.3 Å². The summed E-state index contributed by atoms with van der Waals surface area (Å²) in [6.07, 6.45) is 5.95. The van der Waals surface area contributed by atoms with Crippen molar-refractivity contribution in [2.24, 2.45) is 0 Å². The van der Waals surface area contributed by atoms with Crippen molar-refractivity contribution in [3.8, 4) is 33.8 Å². The molecule has 170 valence electrons. The third-order valence-corrected chi connectivity index (χ3v) is 6.28. The minimum Gasteiger partial charge on any atom is -0.224 e. The second kappa shape index (κ2) is 8.57. The van der Waals surface area contributed by atoms with Crippen LogP contribution in [0.15, 0.2) is 128 Å². The molecule has 0 N–H and O–H groups in total. The fourth-order valence-electron chi connectivity index (χ4n) is 4.28. The molecule has 0 bridgehead atoms. The zero-order chi connectivity index (χ0) is 23.7. The third-order valence-electron chi connectivity index (χ3n) is 6.28. The second-order valence-electron chi connectivity index (χ2n) is 8.51. The summed E-state index contributed by atoms with van der Waals surface area (Å²) in [5.41, 5.74) is 5.85. The van der Waals surface area contributed by atoms with Gasteiger partial charge in [-0.2, -0.15) is 15.3 Å². The number of hydrogen-bond acceptors (Lipinski definition) is 3. The van der Waals surface area contributed by atoms with E-state index in [9.17, 15) is 0 Å². The highest BCUT2D eigenvalue weighted by molar-refractivity contribution is 5.60. The standard InChI is InChI=1S/C29H24N6/c1-29(33-20-17-26(30-33)23-11-5-2-6-12-23,34-21-18-27(31-34)24-13-7-3-8-14-24)35-22-19-28(32-35)25-15-9-4-10-16-25/h2-22H,1H3. The van der Waals surface area contributed by atoms with Gasteiger partial charge in [0.1, 0.15) is 0 Å². The molecule has 0 saturated heterocycles. The van der Waals surface area contributed by atoms with Crippen LogP contribution >= 0.6 is 0 Å². The normalized spacial score (nSPS) is 11.6. The molecule has 6 heteroatoms. The van der Waals surface area contributed by atoms with Crippen LogP contribution in [0.1, 0.15) is 6.92 Å². The van der Waals surface area contributed by atoms with Crippen molar-refractivity contribution in [3.05, 3.63) is 128 Å². The zero-order valence-corrected chi connectivity index (χ0v) is 19.3. The van der Waals surface area contributed by atoms with Crippen molar-refractivity contribution in [2.45, 2.75) is 12.7 Å². The average Bonchev–Trinajstić information content (AvgIpc) is 3.71. The lowest BCUT2D eigenvalue weighted by molar-refractivity contribution is 0.142. The SMILES string of the molecule is CC(n1ccc(-c2ccccc2)n1)(n1ccc(-c2ccccc2)n1)n1ccc(-c2ccccc2)n1. The molecule has 6 aromatic rings. The number of rotatable bonds is 6. The number of nitrogens with zero attached hydrogens (tertiary/aromatic N) is 6. The van der Waals surface area contributed by atoms with Gasteiger partial charge in [0.15, 0.2) is 0 Å². The molecule has 0 atom stereocenters. The van der Waals surface area contributed by atoms with Gasteiger partial charge in [-0.05, 0) is 18.2 Å². The van der Waals surface area contributed by atoms with E-state index in [0.717, 1.165) is 33.8 Å². The number of aromatic nitrogens is 6. The summed E-state index contributed by atoms with van der Waals surface area (Å²) in [5.74, 6) is -0.854. The zero-order valence-electron chi connectivity index (χ0n) is 19.3. The van der Waals surface area contributed by atoms with Crippen LogP contribution in [0.4, 0.5) is 0 Å². The minimum absolute atomic E-state index is 0.854. The molecule has 3 heterocycles. The van der Waals surface area contributed by atoms with Crippen LogP contribution in [-0.2, 0) is 5.79 Å². The molecule has 0 saturated carbocycles. The molecule has 0 aliphatic carbocycles. The molecule has 0 amide bonds. The quantitative estimate of drug-likeness (QED) is 0.309. The minimum atomic E-state index is -0.854. The van der Waals surface area contributed by atoms with Gasteiger partial charge in [0.25, 0.3) is 0 Å². The lowest BCUT2D eigenvalue weighted by Crippen LogP contribution is -2.46. The molecule has 3 aromatic carbocycles. The molecule has 0 aliphatic heterocycles. The van der Waals surface area contributed by atoms with Crippen molar-refractivity contribution in [1.29, 1.82) is 0 Å². The van der Waals surface area contributed by atoms with Crippen LogP contribution in [0.2, 0.25) is 0 Å². The highest BCUT2D eigenvalue weighted by Crippen LogP contribution is 2.27. The molecule has 3 aromatic heterocycles. The molecular formula is C29H24N6. The van der Waals surface area contributed by atoms with Gasteiger partial charge in [0.05, 0.1) is 17.1 Å². The number of benzene rings is 3. The lowest BCUT2D eigenvalue weighted by atomic mass is 10.2. The Balaban J connectivity index is 1.48. The Bertz CT molecular complexity index is 1360. The fourth-order valence-corrected chi connectivity index (χ4v) is 4.28. The van der Waals surface area contributed by atoms with Crippen LogP contribution < -0.4 is 0 Å².